The van der Waals surface area contributed by atoms with Gasteiger partial charge in [-0.2, -0.15) is 0 Å². The quantitative estimate of drug-likeness (QED) is 0.359. The Kier molecular flexibility index (Phi) is 7.09. The number of hydrogen-bond donors (Lipinski definition) is 2. The van der Waals surface area contributed by atoms with Gasteiger partial charge < -0.3 is 24.5 Å². The summed E-state index contributed by atoms with van der Waals surface area (Å²) < 4.78 is 17.1. The van der Waals surface area contributed by atoms with Crippen LogP contribution >= 0.6 is 11.6 Å². The molecule has 1 aliphatic heterocycles. The van der Waals surface area contributed by atoms with E-state index in [1.165, 1.54) is 6.07 Å². The van der Waals surface area contributed by atoms with Gasteiger partial charge in [0.2, 0.25) is 5.56 Å². The standard InChI is InChI=1S/C28H23ClN2O6/c29-19-11-9-17(10-12-19)27(33)31-23(13-18-14-26(32)30-22-6-2-1-5-21(18)22)28(34)36-16-20-15-35-24-7-3-4-8-25(24)37-20/h1-12,14,20,23H,13,15-16H2,(H,30,32)(H,31,33). The van der Waals surface area contributed by atoms with Crippen molar-refractivity contribution >= 4 is 34.4 Å². The first kappa shape index (κ1) is 24.4. The lowest BCUT2D eigenvalue weighted by Gasteiger charge is -2.27. The molecule has 0 fully saturated rings. The molecule has 1 aliphatic rings. The highest BCUT2D eigenvalue weighted by Crippen LogP contribution is 2.31. The number of amides is 1. The van der Waals surface area contributed by atoms with Gasteiger partial charge in [0.25, 0.3) is 5.91 Å². The van der Waals surface area contributed by atoms with E-state index in [0.29, 0.717) is 33.2 Å². The third-order valence-electron chi connectivity index (χ3n) is 5.94. The molecule has 0 radical (unpaired) electrons. The summed E-state index contributed by atoms with van der Waals surface area (Å²) in [6.07, 6.45) is -0.458. The highest BCUT2D eigenvalue weighted by Gasteiger charge is 2.27. The highest BCUT2D eigenvalue weighted by molar-refractivity contribution is 6.30. The zero-order chi connectivity index (χ0) is 25.8. The molecule has 4 aromatic rings. The largest absolute Gasteiger partial charge is 0.486 e. The van der Waals surface area contributed by atoms with E-state index in [4.69, 9.17) is 25.8 Å². The van der Waals surface area contributed by atoms with Crippen LogP contribution in [0, 0.1) is 0 Å². The average Bonchev–Trinajstić information content (AvgIpc) is 2.91. The van der Waals surface area contributed by atoms with Crippen LogP contribution in [-0.4, -0.2) is 42.2 Å². The summed E-state index contributed by atoms with van der Waals surface area (Å²) in [6, 6.07) is 21.2. The summed E-state index contributed by atoms with van der Waals surface area (Å²) in [5, 5.41) is 4.00. The van der Waals surface area contributed by atoms with Crippen LogP contribution < -0.4 is 20.3 Å². The van der Waals surface area contributed by atoms with Crippen molar-refractivity contribution < 1.29 is 23.8 Å². The molecule has 188 valence electrons. The number of nitrogens with one attached hydrogen (secondary N) is 2. The molecule has 1 aromatic heterocycles. The Labute approximate surface area is 217 Å². The fourth-order valence-corrected chi connectivity index (χ4v) is 4.25. The molecule has 8 nitrogen and oxygen atoms in total. The monoisotopic (exact) mass is 518 g/mol. The first-order chi connectivity index (χ1) is 18.0. The number of benzene rings is 3. The number of aromatic nitrogens is 1. The van der Waals surface area contributed by atoms with Crippen molar-refractivity contribution in [1.82, 2.24) is 10.3 Å². The number of H-pyrrole nitrogens is 1. The van der Waals surface area contributed by atoms with Crippen LogP contribution in [0.15, 0.2) is 83.7 Å². The number of ether oxygens (including phenoxy) is 3. The van der Waals surface area contributed by atoms with Crippen LogP contribution in [0.4, 0.5) is 0 Å². The van der Waals surface area contributed by atoms with Crippen molar-refractivity contribution in [3.63, 3.8) is 0 Å². The zero-order valence-corrected chi connectivity index (χ0v) is 20.4. The molecule has 5 rings (SSSR count). The van der Waals surface area contributed by atoms with E-state index < -0.39 is 24.0 Å². The van der Waals surface area contributed by atoms with Crippen molar-refractivity contribution in [2.75, 3.05) is 13.2 Å². The minimum Gasteiger partial charge on any atom is -0.486 e. The number of carbonyl (C=O) groups excluding carboxylic acids is 2. The Morgan fingerprint density at radius 2 is 1.76 bits per heavy atom. The molecule has 2 N–H and O–H groups in total. The number of para-hydroxylation sites is 3. The van der Waals surface area contributed by atoms with Crippen LogP contribution in [0.3, 0.4) is 0 Å². The van der Waals surface area contributed by atoms with Gasteiger partial charge in [-0.1, -0.05) is 41.9 Å². The lowest BCUT2D eigenvalue weighted by molar-refractivity contribution is -0.149. The molecule has 0 bridgehead atoms. The zero-order valence-electron chi connectivity index (χ0n) is 19.6. The second-order valence-corrected chi connectivity index (χ2v) is 9.01. The van der Waals surface area contributed by atoms with E-state index in [-0.39, 0.29) is 25.2 Å². The number of carbonyl (C=O) groups is 2. The van der Waals surface area contributed by atoms with E-state index in [2.05, 4.69) is 10.3 Å². The maximum absolute atomic E-state index is 13.2. The predicted molar refractivity (Wildman–Crippen MR) is 138 cm³/mol. The third-order valence-corrected chi connectivity index (χ3v) is 6.19. The van der Waals surface area contributed by atoms with Crippen molar-refractivity contribution in [2.45, 2.75) is 18.6 Å². The van der Waals surface area contributed by atoms with Crippen LogP contribution in [-0.2, 0) is 16.0 Å². The SMILES string of the molecule is O=C(NC(Cc1cc(=O)[nH]c2ccccc12)C(=O)OCC1COc2ccccc2O1)c1ccc(Cl)cc1. The van der Waals surface area contributed by atoms with Crippen molar-refractivity contribution in [3.05, 3.63) is 105 Å². The smallest absolute Gasteiger partial charge is 0.329 e. The van der Waals surface area contributed by atoms with E-state index in [1.807, 2.05) is 24.3 Å². The van der Waals surface area contributed by atoms with Gasteiger partial charge in [-0.05, 0) is 48.0 Å². The average molecular weight is 519 g/mol. The Balaban J connectivity index is 1.35. The molecule has 3 aromatic carbocycles. The molecular weight excluding hydrogens is 496 g/mol. The summed E-state index contributed by atoms with van der Waals surface area (Å²) in [4.78, 5) is 41.2. The molecule has 0 saturated heterocycles. The third kappa shape index (κ3) is 5.76. The van der Waals surface area contributed by atoms with E-state index in [1.54, 1.807) is 48.5 Å². The molecule has 37 heavy (non-hydrogen) atoms. The second-order valence-electron chi connectivity index (χ2n) is 8.57. The topological polar surface area (TPSA) is 107 Å². The number of rotatable bonds is 7. The van der Waals surface area contributed by atoms with Gasteiger partial charge in [0.1, 0.15) is 19.3 Å². The highest BCUT2D eigenvalue weighted by atomic mass is 35.5. The van der Waals surface area contributed by atoms with Gasteiger partial charge in [0.05, 0.1) is 0 Å². The molecule has 0 aliphatic carbocycles. The molecule has 9 heteroatoms. The van der Waals surface area contributed by atoms with Crippen LogP contribution in [0.5, 0.6) is 11.5 Å². The second kappa shape index (κ2) is 10.8. The Morgan fingerprint density at radius 3 is 2.57 bits per heavy atom. The first-order valence-corrected chi connectivity index (χ1v) is 12.1. The van der Waals surface area contributed by atoms with Crippen molar-refractivity contribution in [3.8, 4) is 11.5 Å². The number of hydrogen-bond acceptors (Lipinski definition) is 6. The first-order valence-electron chi connectivity index (χ1n) is 11.7. The Bertz CT molecular complexity index is 1500. The lowest BCUT2D eigenvalue weighted by atomic mass is 10.0. The number of pyridine rings is 1. The molecule has 0 spiro atoms. The molecule has 2 atom stereocenters. The minimum absolute atomic E-state index is 0.0491. The molecule has 2 heterocycles. The summed E-state index contributed by atoms with van der Waals surface area (Å²) in [6.45, 7) is 0.140. The van der Waals surface area contributed by atoms with Gasteiger partial charge in [-0.15, -0.1) is 0 Å². The fourth-order valence-electron chi connectivity index (χ4n) is 4.12. The Morgan fingerprint density at radius 1 is 1.03 bits per heavy atom. The van der Waals surface area contributed by atoms with E-state index in [0.717, 1.165) is 5.39 Å². The lowest BCUT2D eigenvalue weighted by Crippen LogP contribution is -2.45. The van der Waals surface area contributed by atoms with Crippen LogP contribution in [0.2, 0.25) is 5.02 Å². The number of fused-ring (bicyclic) bond motifs is 2. The molecule has 0 saturated carbocycles. The van der Waals surface area contributed by atoms with Gasteiger partial charge in [-0.3, -0.25) is 9.59 Å². The summed E-state index contributed by atoms with van der Waals surface area (Å²) in [5.74, 6) is 0.0600. The summed E-state index contributed by atoms with van der Waals surface area (Å²) in [5.41, 5.74) is 1.26. The van der Waals surface area contributed by atoms with Crippen LogP contribution in [0.1, 0.15) is 15.9 Å². The normalized spacial score (nSPS) is 15.1. The van der Waals surface area contributed by atoms with Crippen molar-refractivity contribution in [2.24, 2.45) is 0 Å². The van der Waals surface area contributed by atoms with Crippen LogP contribution in [0.25, 0.3) is 10.9 Å². The van der Waals surface area contributed by atoms with E-state index >= 15 is 0 Å². The maximum atomic E-state index is 13.2. The maximum Gasteiger partial charge on any atom is 0.329 e. The van der Waals surface area contributed by atoms with E-state index in [9.17, 15) is 14.4 Å². The molecule has 1 amide bonds. The number of esters is 1. The minimum atomic E-state index is -1.06. The molecule has 2 unspecified atom stereocenters. The molecular formula is C28H23ClN2O6. The Hall–Kier alpha value is -4.30. The number of halogens is 1. The van der Waals surface area contributed by atoms with Gasteiger partial charge in [0.15, 0.2) is 17.6 Å². The number of aromatic amines is 1. The summed E-state index contributed by atoms with van der Waals surface area (Å²) >= 11 is 5.94. The van der Waals surface area contributed by atoms with Gasteiger partial charge in [0, 0.05) is 34.0 Å². The van der Waals surface area contributed by atoms with Crippen molar-refractivity contribution in [1.29, 1.82) is 0 Å². The predicted octanol–water partition coefficient (Wildman–Crippen LogP) is 3.91. The fraction of sp³-hybridized carbons (Fsp3) is 0.179. The van der Waals surface area contributed by atoms with Gasteiger partial charge >= 0.3 is 5.97 Å². The summed E-state index contributed by atoms with van der Waals surface area (Å²) in [7, 11) is 0. The van der Waals surface area contributed by atoms with Gasteiger partial charge in [-0.25, -0.2) is 4.79 Å².